The van der Waals surface area contributed by atoms with Crippen molar-refractivity contribution >= 4 is 17.5 Å². The molecule has 0 spiro atoms. The number of alkyl halides is 1. The van der Waals surface area contributed by atoms with Crippen molar-refractivity contribution in [3.05, 3.63) is 34.9 Å². The SMILES string of the molecule is Cc1ccc(C)c(C(=O)NCC2CCCC(Cl)C2)c1. The van der Waals surface area contributed by atoms with Gasteiger partial charge in [-0.1, -0.05) is 24.1 Å². The second-order valence-electron chi connectivity index (χ2n) is 5.66. The third-order valence-electron chi connectivity index (χ3n) is 3.91. The Balaban J connectivity index is 1.92. The number of nitrogens with one attached hydrogen (secondary N) is 1. The van der Waals surface area contributed by atoms with E-state index >= 15 is 0 Å². The Kier molecular flexibility index (Phi) is 4.87. The summed E-state index contributed by atoms with van der Waals surface area (Å²) >= 11 is 6.18. The van der Waals surface area contributed by atoms with Crippen LogP contribution in [-0.2, 0) is 0 Å². The first-order valence-electron chi connectivity index (χ1n) is 7.06. The van der Waals surface area contributed by atoms with Gasteiger partial charge in [-0.25, -0.2) is 0 Å². The van der Waals surface area contributed by atoms with E-state index in [2.05, 4.69) is 5.32 Å². The van der Waals surface area contributed by atoms with Gasteiger partial charge in [0, 0.05) is 17.5 Å². The minimum absolute atomic E-state index is 0.0397. The summed E-state index contributed by atoms with van der Waals surface area (Å²) < 4.78 is 0. The van der Waals surface area contributed by atoms with Crippen LogP contribution in [-0.4, -0.2) is 17.8 Å². The summed E-state index contributed by atoms with van der Waals surface area (Å²) in [5.41, 5.74) is 2.94. The van der Waals surface area contributed by atoms with E-state index in [0.29, 0.717) is 5.92 Å². The van der Waals surface area contributed by atoms with E-state index in [1.807, 2.05) is 32.0 Å². The number of amides is 1. The van der Waals surface area contributed by atoms with Crippen LogP contribution < -0.4 is 5.32 Å². The average molecular weight is 280 g/mol. The Morgan fingerprint density at radius 2 is 2.16 bits per heavy atom. The fourth-order valence-electron chi connectivity index (χ4n) is 2.72. The number of hydrogen-bond acceptors (Lipinski definition) is 1. The van der Waals surface area contributed by atoms with E-state index in [1.165, 1.54) is 12.8 Å². The maximum atomic E-state index is 12.2. The summed E-state index contributed by atoms with van der Waals surface area (Å²) in [7, 11) is 0. The molecule has 1 aromatic rings. The number of carbonyl (C=O) groups is 1. The van der Waals surface area contributed by atoms with Crippen molar-refractivity contribution in [1.29, 1.82) is 0 Å². The summed E-state index contributed by atoms with van der Waals surface area (Å²) in [5.74, 6) is 0.572. The average Bonchev–Trinajstić information content (AvgIpc) is 2.39. The van der Waals surface area contributed by atoms with E-state index in [0.717, 1.165) is 36.1 Å². The predicted molar refractivity (Wildman–Crippen MR) is 79.8 cm³/mol. The van der Waals surface area contributed by atoms with Crippen LogP contribution in [0, 0.1) is 19.8 Å². The highest BCUT2D eigenvalue weighted by Crippen LogP contribution is 2.27. The lowest BCUT2D eigenvalue weighted by Gasteiger charge is -2.25. The second-order valence-corrected chi connectivity index (χ2v) is 6.28. The number of aryl methyl sites for hydroxylation is 2. The minimum atomic E-state index is 0.0397. The molecule has 1 aliphatic rings. The van der Waals surface area contributed by atoms with Crippen molar-refractivity contribution in [2.75, 3.05) is 6.54 Å². The van der Waals surface area contributed by atoms with E-state index in [9.17, 15) is 4.79 Å². The molecule has 1 saturated carbocycles. The molecule has 1 aromatic carbocycles. The second kappa shape index (κ2) is 6.42. The topological polar surface area (TPSA) is 29.1 Å². The summed E-state index contributed by atoms with van der Waals surface area (Å²) in [5, 5.41) is 3.35. The first kappa shape index (κ1) is 14.4. The lowest BCUT2D eigenvalue weighted by atomic mass is 9.89. The monoisotopic (exact) mass is 279 g/mol. The molecule has 19 heavy (non-hydrogen) atoms. The van der Waals surface area contributed by atoms with Gasteiger partial charge < -0.3 is 5.32 Å². The van der Waals surface area contributed by atoms with E-state index in [-0.39, 0.29) is 11.3 Å². The molecule has 2 unspecified atom stereocenters. The first-order chi connectivity index (χ1) is 9.06. The van der Waals surface area contributed by atoms with Gasteiger partial charge in [-0.2, -0.15) is 0 Å². The number of benzene rings is 1. The van der Waals surface area contributed by atoms with Crippen LogP contribution in [0.5, 0.6) is 0 Å². The third-order valence-corrected chi connectivity index (χ3v) is 4.30. The predicted octanol–water partition coefficient (Wildman–Crippen LogP) is 3.83. The van der Waals surface area contributed by atoms with Gasteiger partial charge in [0.05, 0.1) is 0 Å². The fourth-order valence-corrected chi connectivity index (χ4v) is 3.13. The molecule has 1 amide bonds. The maximum Gasteiger partial charge on any atom is 0.251 e. The fraction of sp³-hybridized carbons (Fsp3) is 0.562. The number of halogens is 1. The van der Waals surface area contributed by atoms with Crippen molar-refractivity contribution in [3.63, 3.8) is 0 Å². The molecule has 104 valence electrons. The molecule has 0 heterocycles. The molecule has 2 rings (SSSR count). The highest BCUT2D eigenvalue weighted by molar-refractivity contribution is 6.20. The summed E-state index contributed by atoms with van der Waals surface area (Å²) in [6.45, 7) is 4.73. The van der Waals surface area contributed by atoms with E-state index < -0.39 is 0 Å². The highest BCUT2D eigenvalue weighted by atomic mass is 35.5. The van der Waals surface area contributed by atoms with Crippen LogP contribution >= 0.6 is 11.6 Å². The van der Waals surface area contributed by atoms with Crippen molar-refractivity contribution in [2.45, 2.75) is 44.9 Å². The van der Waals surface area contributed by atoms with Crippen LogP contribution in [0.4, 0.5) is 0 Å². The van der Waals surface area contributed by atoms with Crippen molar-refractivity contribution in [1.82, 2.24) is 5.32 Å². The molecule has 0 bridgehead atoms. The molecule has 1 fully saturated rings. The van der Waals surface area contributed by atoms with Gasteiger partial charge in [-0.15, -0.1) is 11.6 Å². The van der Waals surface area contributed by atoms with Gasteiger partial charge in [0.15, 0.2) is 0 Å². The van der Waals surface area contributed by atoms with Crippen molar-refractivity contribution < 1.29 is 4.79 Å². The lowest BCUT2D eigenvalue weighted by Crippen LogP contribution is -2.32. The van der Waals surface area contributed by atoms with Crippen LogP contribution in [0.25, 0.3) is 0 Å². The molecule has 1 N–H and O–H groups in total. The molecule has 0 radical (unpaired) electrons. The first-order valence-corrected chi connectivity index (χ1v) is 7.49. The molecular formula is C16H22ClNO. The van der Waals surface area contributed by atoms with Gasteiger partial charge >= 0.3 is 0 Å². The molecule has 2 nitrogen and oxygen atoms in total. The summed E-state index contributed by atoms with van der Waals surface area (Å²) in [4.78, 5) is 12.2. The molecule has 0 aromatic heterocycles. The van der Waals surface area contributed by atoms with Crippen molar-refractivity contribution in [3.8, 4) is 0 Å². The molecule has 3 heteroatoms. The van der Waals surface area contributed by atoms with E-state index in [1.54, 1.807) is 0 Å². The Hall–Kier alpha value is -1.02. The van der Waals surface area contributed by atoms with Crippen LogP contribution in [0.1, 0.15) is 47.2 Å². The minimum Gasteiger partial charge on any atom is -0.352 e. The highest BCUT2D eigenvalue weighted by Gasteiger charge is 2.21. The molecule has 2 atom stereocenters. The number of carbonyl (C=O) groups excluding carboxylic acids is 1. The van der Waals surface area contributed by atoms with Gasteiger partial charge in [-0.3, -0.25) is 4.79 Å². The van der Waals surface area contributed by atoms with Crippen LogP contribution in [0.15, 0.2) is 18.2 Å². The van der Waals surface area contributed by atoms with Gasteiger partial charge in [0.1, 0.15) is 0 Å². The Morgan fingerprint density at radius 1 is 1.37 bits per heavy atom. The smallest absolute Gasteiger partial charge is 0.251 e. The zero-order valence-electron chi connectivity index (χ0n) is 11.7. The Morgan fingerprint density at radius 3 is 2.89 bits per heavy atom. The van der Waals surface area contributed by atoms with Gasteiger partial charge in [-0.05, 0) is 50.7 Å². The van der Waals surface area contributed by atoms with Crippen molar-refractivity contribution in [2.24, 2.45) is 5.92 Å². The zero-order valence-corrected chi connectivity index (χ0v) is 12.5. The normalized spacial score (nSPS) is 23.1. The number of rotatable bonds is 3. The molecule has 0 saturated heterocycles. The molecular weight excluding hydrogens is 258 g/mol. The summed E-state index contributed by atoms with van der Waals surface area (Å²) in [6, 6.07) is 5.99. The zero-order chi connectivity index (χ0) is 13.8. The molecule has 1 aliphatic carbocycles. The standard InChI is InChI=1S/C16H22ClNO/c1-11-6-7-12(2)15(8-11)16(19)18-10-13-4-3-5-14(17)9-13/h6-8,13-14H,3-5,9-10H2,1-2H3,(H,18,19). The summed E-state index contributed by atoms with van der Waals surface area (Å²) in [6.07, 6.45) is 4.49. The van der Waals surface area contributed by atoms with Crippen LogP contribution in [0.3, 0.4) is 0 Å². The third kappa shape index (κ3) is 3.97. The van der Waals surface area contributed by atoms with Gasteiger partial charge in [0.25, 0.3) is 5.91 Å². The molecule has 0 aliphatic heterocycles. The quantitative estimate of drug-likeness (QED) is 0.837. The Bertz CT molecular complexity index is 458. The Labute approximate surface area is 120 Å². The number of hydrogen-bond donors (Lipinski definition) is 1. The lowest BCUT2D eigenvalue weighted by molar-refractivity contribution is 0.0943. The van der Waals surface area contributed by atoms with E-state index in [4.69, 9.17) is 11.6 Å². The van der Waals surface area contributed by atoms with Crippen LogP contribution in [0.2, 0.25) is 0 Å². The van der Waals surface area contributed by atoms with Gasteiger partial charge in [0.2, 0.25) is 0 Å². The largest absolute Gasteiger partial charge is 0.352 e. The maximum absolute atomic E-state index is 12.2.